The van der Waals surface area contributed by atoms with Crippen LogP contribution in [0.3, 0.4) is 0 Å². The van der Waals surface area contributed by atoms with Crippen molar-refractivity contribution >= 4 is 11.7 Å². The van der Waals surface area contributed by atoms with Crippen LogP contribution < -0.4 is 11.1 Å². The molecule has 1 aromatic heterocycles. The topological polar surface area (TPSA) is 88.2 Å². The smallest absolute Gasteiger partial charge is 0.225 e. The molecule has 0 spiro atoms. The molecule has 0 saturated heterocycles. The molecule has 94 valence electrons. The Hall–Kier alpha value is -1.62. The third kappa shape index (κ3) is 4.03. The SMILES string of the molecule is CCC(CN)CC(=O)Nc1nc(C)ccc1O. The van der Waals surface area contributed by atoms with Crippen LogP contribution in [0, 0.1) is 12.8 Å². The second kappa shape index (κ2) is 6.20. The van der Waals surface area contributed by atoms with Crippen molar-refractivity contribution in [3.05, 3.63) is 17.8 Å². The number of hydrogen-bond acceptors (Lipinski definition) is 4. The summed E-state index contributed by atoms with van der Waals surface area (Å²) in [6.07, 6.45) is 1.21. The highest BCUT2D eigenvalue weighted by molar-refractivity contribution is 5.91. The maximum atomic E-state index is 11.7. The number of pyridine rings is 1. The van der Waals surface area contributed by atoms with Crippen LogP contribution in [0.15, 0.2) is 12.1 Å². The molecule has 0 aliphatic carbocycles. The molecule has 5 heteroatoms. The van der Waals surface area contributed by atoms with E-state index in [0.717, 1.165) is 12.1 Å². The molecule has 1 amide bonds. The van der Waals surface area contributed by atoms with E-state index in [1.807, 2.05) is 6.92 Å². The average Bonchev–Trinajstić information content (AvgIpc) is 2.31. The van der Waals surface area contributed by atoms with Crippen LogP contribution >= 0.6 is 0 Å². The Kier molecular flexibility index (Phi) is 4.90. The Morgan fingerprint density at radius 1 is 1.59 bits per heavy atom. The number of aromatic hydroxyl groups is 1. The number of rotatable bonds is 5. The quantitative estimate of drug-likeness (QED) is 0.722. The van der Waals surface area contributed by atoms with E-state index < -0.39 is 0 Å². The van der Waals surface area contributed by atoms with Crippen LogP contribution in [-0.4, -0.2) is 22.5 Å². The highest BCUT2D eigenvalue weighted by Crippen LogP contribution is 2.20. The number of aryl methyl sites for hydroxylation is 1. The van der Waals surface area contributed by atoms with Crippen molar-refractivity contribution in [1.82, 2.24) is 4.98 Å². The van der Waals surface area contributed by atoms with Gasteiger partial charge in [-0.05, 0) is 31.5 Å². The van der Waals surface area contributed by atoms with E-state index in [9.17, 15) is 9.90 Å². The van der Waals surface area contributed by atoms with Crippen molar-refractivity contribution < 1.29 is 9.90 Å². The molecular weight excluding hydrogens is 218 g/mol. The van der Waals surface area contributed by atoms with Crippen molar-refractivity contribution in [2.75, 3.05) is 11.9 Å². The number of hydrogen-bond donors (Lipinski definition) is 3. The molecule has 0 aliphatic heterocycles. The predicted octanol–water partition coefficient (Wildman–Crippen LogP) is 1.41. The van der Waals surface area contributed by atoms with Gasteiger partial charge in [-0.2, -0.15) is 0 Å². The lowest BCUT2D eigenvalue weighted by molar-refractivity contribution is -0.117. The summed E-state index contributed by atoms with van der Waals surface area (Å²) in [5.74, 6) is 0.185. The summed E-state index contributed by atoms with van der Waals surface area (Å²) in [7, 11) is 0. The van der Waals surface area contributed by atoms with Gasteiger partial charge in [0.25, 0.3) is 0 Å². The molecule has 0 bridgehead atoms. The van der Waals surface area contributed by atoms with Crippen molar-refractivity contribution in [3.8, 4) is 5.75 Å². The first-order chi connectivity index (χ1) is 8.06. The molecule has 5 nitrogen and oxygen atoms in total. The number of carbonyl (C=O) groups excluding carboxylic acids is 1. The summed E-state index contributed by atoms with van der Waals surface area (Å²) >= 11 is 0. The number of nitrogens with two attached hydrogens (primary N) is 1. The third-order valence-electron chi connectivity index (χ3n) is 2.66. The zero-order chi connectivity index (χ0) is 12.8. The van der Waals surface area contributed by atoms with Crippen LogP contribution in [0.2, 0.25) is 0 Å². The van der Waals surface area contributed by atoms with Gasteiger partial charge in [0.05, 0.1) is 0 Å². The molecule has 0 fully saturated rings. The summed E-state index contributed by atoms with van der Waals surface area (Å²) in [4.78, 5) is 15.7. The molecule has 0 saturated carbocycles. The van der Waals surface area contributed by atoms with Gasteiger partial charge in [-0.15, -0.1) is 0 Å². The first kappa shape index (κ1) is 13.4. The molecule has 4 N–H and O–H groups in total. The van der Waals surface area contributed by atoms with E-state index in [0.29, 0.717) is 13.0 Å². The van der Waals surface area contributed by atoms with Crippen LogP contribution in [-0.2, 0) is 4.79 Å². The number of nitrogens with one attached hydrogen (secondary N) is 1. The number of aromatic nitrogens is 1. The molecule has 0 radical (unpaired) electrons. The number of carbonyl (C=O) groups is 1. The van der Waals surface area contributed by atoms with Gasteiger partial charge in [0, 0.05) is 12.1 Å². The van der Waals surface area contributed by atoms with E-state index in [2.05, 4.69) is 10.3 Å². The van der Waals surface area contributed by atoms with Gasteiger partial charge in [0.2, 0.25) is 5.91 Å². The zero-order valence-corrected chi connectivity index (χ0v) is 10.2. The van der Waals surface area contributed by atoms with Crippen LogP contribution in [0.5, 0.6) is 5.75 Å². The van der Waals surface area contributed by atoms with Crippen LogP contribution in [0.4, 0.5) is 5.82 Å². The minimum absolute atomic E-state index is 0.0234. The molecule has 1 unspecified atom stereocenters. The number of amides is 1. The Balaban J connectivity index is 2.64. The van der Waals surface area contributed by atoms with Crippen molar-refractivity contribution in [3.63, 3.8) is 0 Å². The molecular formula is C12H19N3O2. The van der Waals surface area contributed by atoms with Gasteiger partial charge >= 0.3 is 0 Å². The van der Waals surface area contributed by atoms with Gasteiger partial charge < -0.3 is 16.2 Å². The Morgan fingerprint density at radius 3 is 2.88 bits per heavy atom. The standard InChI is InChI=1S/C12H19N3O2/c1-3-9(7-13)6-11(17)15-12-10(16)5-4-8(2)14-12/h4-5,9,16H,3,6-7,13H2,1-2H3,(H,14,15,17). The van der Waals surface area contributed by atoms with Gasteiger partial charge in [-0.1, -0.05) is 13.3 Å². The van der Waals surface area contributed by atoms with Crippen molar-refractivity contribution in [2.24, 2.45) is 11.7 Å². The minimum Gasteiger partial charge on any atom is -0.504 e. The van der Waals surface area contributed by atoms with E-state index in [-0.39, 0.29) is 23.4 Å². The molecule has 17 heavy (non-hydrogen) atoms. The molecule has 0 aliphatic rings. The van der Waals surface area contributed by atoms with E-state index in [1.165, 1.54) is 6.07 Å². The lowest BCUT2D eigenvalue weighted by Crippen LogP contribution is -2.22. The molecule has 0 aromatic carbocycles. The summed E-state index contributed by atoms with van der Waals surface area (Å²) in [5, 5.41) is 12.1. The second-order valence-electron chi connectivity index (χ2n) is 4.08. The fraction of sp³-hybridized carbons (Fsp3) is 0.500. The van der Waals surface area contributed by atoms with Gasteiger partial charge in [0.1, 0.15) is 0 Å². The molecule has 1 heterocycles. The normalized spacial score (nSPS) is 12.2. The van der Waals surface area contributed by atoms with Crippen LogP contribution in [0.25, 0.3) is 0 Å². The largest absolute Gasteiger partial charge is 0.504 e. The molecule has 1 atom stereocenters. The number of nitrogens with zero attached hydrogens (tertiary/aromatic N) is 1. The highest BCUT2D eigenvalue weighted by Gasteiger charge is 2.13. The minimum atomic E-state index is -0.171. The maximum Gasteiger partial charge on any atom is 0.225 e. The fourth-order valence-corrected chi connectivity index (χ4v) is 1.48. The zero-order valence-electron chi connectivity index (χ0n) is 10.2. The lowest BCUT2D eigenvalue weighted by Gasteiger charge is -2.12. The maximum absolute atomic E-state index is 11.7. The summed E-state index contributed by atoms with van der Waals surface area (Å²) in [6.45, 7) is 4.27. The lowest BCUT2D eigenvalue weighted by atomic mass is 10.0. The fourth-order valence-electron chi connectivity index (χ4n) is 1.48. The highest BCUT2D eigenvalue weighted by atomic mass is 16.3. The van der Waals surface area contributed by atoms with Gasteiger partial charge in [0.15, 0.2) is 11.6 Å². The number of anilines is 1. The summed E-state index contributed by atoms with van der Waals surface area (Å²) in [6, 6.07) is 3.19. The second-order valence-corrected chi connectivity index (χ2v) is 4.08. The first-order valence-electron chi connectivity index (χ1n) is 5.73. The Labute approximate surface area is 101 Å². The summed E-state index contributed by atoms with van der Waals surface area (Å²) < 4.78 is 0. The van der Waals surface area contributed by atoms with Crippen molar-refractivity contribution in [2.45, 2.75) is 26.7 Å². The first-order valence-corrected chi connectivity index (χ1v) is 5.73. The van der Waals surface area contributed by atoms with Crippen LogP contribution in [0.1, 0.15) is 25.5 Å². The molecule has 1 rings (SSSR count). The van der Waals surface area contributed by atoms with E-state index >= 15 is 0 Å². The van der Waals surface area contributed by atoms with E-state index in [1.54, 1.807) is 13.0 Å². The van der Waals surface area contributed by atoms with Crippen molar-refractivity contribution in [1.29, 1.82) is 0 Å². The molecule has 1 aromatic rings. The predicted molar refractivity (Wildman–Crippen MR) is 66.7 cm³/mol. The van der Waals surface area contributed by atoms with Gasteiger partial charge in [-0.25, -0.2) is 4.98 Å². The van der Waals surface area contributed by atoms with Gasteiger partial charge in [-0.3, -0.25) is 4.79 Å². The monoisotopic (exact) mass is 237 g/mol. The summed E-state index contributed by atoms with van der Waals surface area (Å²) in [5.41, 5.74) is 6.27. The average molecular weight is 237 g/mol. The van der Waals surface area contributed by atoms with E-state index in [4.69, 9.17) is 5.73 Å². The Bertz CT molecular complexity index is 389. The third-order valence-corrected chi connectivity index (χ3v) is 2.66. The Morgan fingerprint density at radius 2 is 2.29 bits per heavy atom.